The predicted octanol–water partition coefficient (Wildman–Crippen LogP) is 8.06. The third kappa shape index (κ3) is 3.39. The molecule has 10 atom stereocenters. The molecule has 0 bridgehead atoms. The van der Waals surface area contributed by atoms with Gasteiger partial charge in [0.1, 0.15) is 6.10 Å². The van der Waals surface area contributed by atoms with Crippen molar-refractivity contribution in [3.8, 4) is 0 Å². The molecule has 32 heavy (non-hydrogen) atoms. The topological polar surface area (TPSA) is 26.3 Å². The SMILES string of the molecule is CC(C)CCC[C@H](C)[C@H]1CC[C@H]2[C@@H]3C[C@H](OC(=O)CI)[C@]45C[C@H]4CC[C@]5(C)[C@H]3CC[C@]12C. The number of carbonyl (C=O) groups is 1. The number of hydrogen-bond acceptors (Lipinski definition) is 2. The van der Waals surface area contributed by atoms with Gasteiger partial charge in [-0.25, -0.2) is 0 Å². The second kappa shape index (κ2) is 8.40. The van der Waals surface area contributed by atoms with Gasteiger partial charge in [0.2, 0.25) is 0 Å². The largest absolute Gasteiger partial charge is 0.461 e. The van der Waals surface area contributed by atoms with E-state index < -0.39 is 0 Å². The first kappa shape index (κ1) is 23.9. The fourth-order valence-electron chi connectivity index (χ4n) is 10.6. The number of halogens is 1. The third-order valence-corrected chi connectivity index (χ3v) is 12.8. The van der Waals surface area contributed by atoms with E-state index in [4.69, 9.17) is 4.74 Å². The Kier molecular flexibility index (Phi) is 6.28. The van der Waals surface area contributed by atoms with Crippen LogP contribution in [-0.4, -0.2) is 16.5 Å². The van der Waals surface area contributed by atoms with Gasteiger partial charge in [-0.3, -0.25) is 4.79 Å². The maximum Gasteiger partial charge on any atom is 0.316 e. The zero-order chi connectivity index (χ0) is 22.9. The highest BCUT2D eigenvalue weighted by Gasteiger charge is 2.78. The summed E-state index contributed by atoms with van der Waals surface area (Å²) in [6, 6.07) is 0. The fourth-order valence-corrected chi connectivity index (χ4v) is 10.8. The van der Waals surface area contributed by atoms with Crippen molar-refractivity contribution in [2.75, 3.05) is 4.43 Å². The van der Waals surface area contributed by atoms with Crippen LogP contribution in [0.4, 0.5) is 0 Å². The molecule has 2 nitrogen and oxygen atoms in total. The van der Waals surface area contributed by atoms with Gasteiger partial charge in [-0.15, -0.1) is 0 Å². The van der Waals surface area contributed by atoms with Crippen molar-refractivity contribution in [1.82, 2.24) is 0 Å². The number of fused-ring (bicyclic) bond motifs is 4. The van der Waals surface area contributed by atoms with Crippen molar-refractivity contribution in [2.45, 2.75) is 111 Å². The summed E-state index contributed by atoms with van der Waals surface area (Å²) < 4.78 is 6.80. The van der Waals surface area contributed by atoms with Crippen LogP contribution in [0, 0.1) is 57.7 Å². The number of ether oxygens (including phenoxy) is 1. The van der Waals surface area contributed by atoms with Gasteiger partial charge in [0.15, 0.2) is 0 Å². The van der Waals surface area contributed by atoms with Gasteiger partial charge in [0, 0.05) is 5.41 Å². The van der Waals surface area contributed by atoms with Gasteiger partial charge in [-0.05, 0) is 104 Å². The van der Waals surface area contributed by atoms with E-state index in [9.17, 15) is 4.79 Å². The molecule has 0 radical (unpaired) electrons. The van der Waals surface area contributed by atoms with Crippen LogP contribution >= 0.6 is 22.6 Å². The van der Waals surface area contributed by atoms with Gasteiger partial charge in [0.25, 0.3) is 0 Å². The first-order chi connectivity index (χ1) is 15.2. The van der Waals surface area contributed by atoms with E-state index in [-0.39, 0.29) is 12.1 Å². The summed E-state index contributed by atoms with van der Waals surface area (Å²) in [6.45, 7) is 12.6. The van der Waals surface area contributed by atoms with Crippen molar-refractivity contribution in [3.05, 3.63) is 0 Å². The summed E-state index contributed by atoms with van der Waals surface area (Å²) in [6.07, 6.45) is 15.4. The molecule has 0 unspecified atom stereocenters. The van der Waals surface area contributed by atoms with E-state index in [2.05, 4.69) is 57.2 Å². The summed E-state index contributed by atoms with van der Waals surface area (Å²) in [5.74, 6) is 5.97. The zero-order valence-electron chi connectivity index (χ0n) is 21.3. The molecule has 0 heterocycles. The van der Waals surface area contributed by atoms with Crippen molar-refractivity contribution < 1.29 is 9.53 Å². The lowest BCUT2D eigenvalue weighted by Gasteiger charge is -2.60. The first-order valence-electron chi connectivity index (χ1n) is 13.9. The number of hydrogen-bond donors (Lipinski definition) is 0. The van der Waals surface area contributed by atoms with Crippen molar-refractivity contribution in [2.24, 2.45) is 57.7 Å². The molecule has 0 amide bonds. The zero-order valence-corrected chi connectivity index (χ0v) is 23.5. The van der Waals surface area contributed by atoms with Crippen molar-refractivity contribution in [1.29, 1.82) is 0 Å². The lowest BCUT2D eigenvalue weighted by molar-refractivity contribution is -0.181. The Morgan fingerprint density at radius 3 is 2.50 bits per heavy atom. The quantitative estimate of drug-likeness (QED) is 0.181. The Hall–Kier alpha value is 0.200. The number of alkyl halides is 1. The van der Waals surface area contributed by atoms with Gasteiger partial charge < -0.3 is 4.74 Å². The predicted molar refractivity (Wildman–Crippen MR) is 140 cm³/mol. The summed E-state index contributed by atoms with van der Waals surface area (Å²) in [5, 5.41) is 0. The van der Waals surface area contributed by atoms with E-state index in [1.165, 1.54) is 70.6 Å². The summed E-state index contributed by atoms with van der Waals surface area (Å²) >= 11 is 2.19. The molecule has 0 aromatic carbocycles. The highest BCUT2D eigenvalue weighted by Crippen LogP contribution is 2.82. The number of esters is 1. The van der Waals surface area contributed by atoms with Crippen LogP contribution in [0.5, 0.6) is 0 Å². The van der Waals surface area contributed by atoms with E-state index in [1.807, 2.05) is 0 Å². The summed E-state index contributed by atoms with van der Waals surface area (Å²) in [7, 11) is 0. The number of rotatable bonds is 7. The van der Waals surface area contributed by atoms with Gasteiger partial charge in [0.05, 0.1) is 4.43 Å². The molecule has 0 aromatic heterocycles. The van der Waals surface area contributed by atoms with Gasteiger partial charge in [-0.1, -0.05) is 76.5 Å². The Morgan fingerprint density at radius 1 is 1.03 bits per heavy atom. The third-order valence-electron chi connectivity index (χ3n) is 12.1. The van der Waals surface area contributed by atoms with E-state index >= 15 is 0 Å². The molecule has 182 valence electrons. The molecule has 5 fully saturated rings. The normalized spacial score (nSPS) is 49.7. The minimum atomic E-state index is 0.0324. The molecule has 3 heteroatoms. The van der Waals surface area contributed by atoms with Crippen LogP contribution in [0.3, 0.4) is 0 Å². The Labute approximate surface area is 210 Å². The molecule has 0 saturated heterocycles. The van der Waals surface area contributed by atoms with E-state index in [0.29, 0.717) is 20.7 Å². The highest BCUT2D eigenvalue weighted by molar-refractivity contribution is 14.1. The molecule has 0 N–H and O–H groups in total. The molecular weight excluding hydrogens is 507 g/mol. The van der Waals surface area contributed by atoms with Gasteiger partial charge >= 0.3 is 5.97 Å². The minimum Gasteiger partial charge on any atom is -0.461 e. The fraction of sp³-hybridized carbons (Fsp3) is 0.966. The van der Waals surface area contributed by atoms with E-state index in [0.717, 1.165) is 41.4 Å². The van der Waals surface area contributed by atoms with E-state index in [1.54, 1.807) is 0 Å². The molecule has 5 aliphatic rings. The average molecular weight is 555 g/mol. The highest BCUT2D eigenvalue weighted by atomic mass is 127. The molecule has 5 aliphatic carbocycles. The molecule has 5 saturated carbocycles. The van der Waals surface area contributed by atoms with Crippen LogP contribution < -0.4 is 0 Å². The van der Waals surface area contributed by atoms with Crippen molar-refractivity contribution in [3.63, 3.8) is 0 Å². The standard InChI is InChI=1S/C29H47IO2/c1-18(2)7-6-8-19(3)22-9-10-23-21-15-25(32-26(31)17-30)29-16-20(29)11-14-28(29,5)24(21)12-13-27(22,23)4/h18-25H,6-17H2,1-5H3/t19-,20+,21-,22+,23-,24-,25-,27+,28+,29-/m0/s1. The smallest absolute Gasteiger partial charge is 0.316 e. The Morgan fingerprint density at radius 2 is 1.81 bits per heavy atom. The monoisotopic (exact) mass is 554 g/mol. The maximum absolute atomic E-state index is 12.4. The Balaban J connectivity index is 1.37. The van der Waals surface area contributed by atoms with Crippen molar-refractivity contribution >= 4 is 28.6 Å². The molecule has 1 spiro atoms. The van der Waals surface area contributed by atoms with Crippen LogP contribution in [0.1, 0.15) is 105 Å². The average Bonchev–Trinajstić information content (AvgIpc) is 3.26. The molecular formula is C29H47IO2. The molecule has 0 aliphatic heterocycles. The summed E-state index contributed by atoms with van der Waals surface area (Å²) in [5.41, 5.74) is 1.27. The van der Waals surface area contributed by atoms with Crippen LogP contribution in [0.2, 0.25) is 0 Å². The second-order valence-electron chi connectivity index (χ2n) is 13.7. The maximum atomic E-state index is 12.4. The van der Waals surface area contributed by atoms with Crippen LogP contribution in [0.25, 0.3) is 0 Å². The van der Waals surface area contributed by atoms with Crippen LogP contribution in [0.15, 0.2) is 0 Å². The molecule has 0 aromatic rings. The first-order valence-corrected chi connectivity index (χ1v) is 15.5. The Bertz CT molecular complexity index is 735. The van der Waals surface area contributed by atoms with Crippen LogP contribution in [-0.2, 0) is 9.53 Å². The lowest BCUT2D eigenvalue weighted by atomic mass is 9.45. The number of carbonyl (C=O) groups excluding carboxylic acids is 1. The second-order valence-corrected chi connectivity index (χ2v) is 14.4. The minimum absolute atomic E-state index is 0.0324. The molecule has 5 rings (SSSR count). The summed E-state index contributed by atoms with van der Waals surface area (Å²) in [4.78, 5) is 12.4. The lowest BCUT2D eigenvalue weighted by Crippen LogP contribution is -2.57. The van der Waals surface area contributed by atoms with Gasteiger partial charge in [-0.2, -0.15) is 0 Å².